The Labute approximate surface area is 313 Å². The molecule has 2 aliphatic carbocycles. The maximum atomic E-state index is 3.36. The number of rotatable bonds is 4. The van der Waals surface area contributed by atoms with E-state index in [0.29, 0.717) is 0 Å². The first-order valence-electron chi connectivity index (χ1n) is 15.8. The number of allylic oxidation sites excluding steroid dienone is 8. The van der Waals surface area contributed by atoms with Crippen molar-refractivity contribution in [1.29, 1.82) is 0 Å². The molecule has 0 nitrogen and oxygen atoms in total. The topological polar surface area (TPSA) is 0 Å². The maximum absolute atomic E-state index is 3.36. The number of fused-ring (bicyclic) bond motifs is 2. The number of hydrogen-bond acceptors (Lipinski definition) is 0. The van der Waals surface area contributed by atoms with Crippen molar-refractivity contribution >= 4 is 51.5 Å². The normalized spacial score (nSPS) is 12.9. The van der Waals surface area contributed by atoms with Crippen LogP contribution in [-0.4, -0.2) is 10.1 Å². The summed E-state index contributed by atoms with van der Waals surface area (Å²) in [5.74, 6) is 0. The van der Waals surface area contributed by atoms with Gasteiger partial charge in [-0.15, -0.1) is 12.8 Å². The Morgan fingerprint density at radius 1 is 0.458 bits per heavy atom. The molecule has 6 aromatic rings. The molecule has 0 saturated carbocycles. The third-order valence-electron chi connectivity index (χ3n) is 8.44. The van der Waals surface area contributed by atoms with E-state index in [1.54, 1.807) is 8.79 Å². The first kappa shape index (κ1) is 37.6. The standard InChI is InChI=1S/2C16H13.C12H10Ge.2ClH.Hf/c2*1-12-6-4-10-14(12)16-11-5-8-13-7-2-3-9-15(13)16;1-3-7-11(8-4-1)13-12-9-5-2-6-10-12;;;/h2*2-3,5,7-11H,4H2,1H3;1-10H;2*1H;/q2*-1;;;;+2/p-2. The van der Waals surface area contributed by atoms with Crippen LogP contribution in [0.5, 0.6) is 0 Å². The SMILES string of the molecule is CC1=[C-]CC=C1c1cccc2ccccc12.CC1=[C-]CC=C1c1cccc2ccccc12.[Cl-].[Cl-].[Hf+2]=[Ge]([c]1ccccc1)[c]1ccccc1. The molecule has 0 saturated heterocycles. The molecule has 0 aliphatic heterocycles. The molecule has 236 valence electrons. The van der Waals surface area contributed by atoms with Gasteiger partial charge in [-0.05, 0) is 21.5 Å². The summed E-state index contributed by atoms with van der Waals surface area (Å²) in [4.78, 5) is 0. The molecule has 0 aromatic heterocycles. The molecule has 0 atom stereocenters. The zero-order chi connectivity index (χ0) is 31.7. The molecule has 8 rings (SSSR count). The second-order valence-electron chi connectivity index (χ2n) is 11.4. The molecule has 0 unspecified atom stereocenters. The fourth-order valence-electron chi connectivity index (χ4n) is 6.03. The zero-order valence-electron chi connectivity index (χ0n) is 27.2. The van der Waals surface area contributed by atoms with Crippen molar-refractivity contribution in [2.45, 2.75) is 26.7 Å². The first-order chi connectivity index (χ1) is 22.6. The first-order valence-corrected chi connectivity index (χ1v) is 28.3. The van der Waals surface area contributed by atoms with Crippen LogP contribution < -0.4 is 33.6 Å². The van der Waals surface area contributed by atoms with Crippen LogP contribution in [-0.2, 0) is 21.3 Å². The van der Waals surface area contributed by atoms with E-state index in [0.717, 1.165) is 12.8 Å². The Balaban J connectivity index is 0.000000160. The molecular weight excluding hydrogens is 850 g/mol. The van der Waals surface area contributed by atoms with E-state index in [2.05, 4.69) is 184 Å². The van der Waals surface area contributed by atoms with Crippen LogP contribution in [0.1, 0.15) is 37.8 Å². The summed E-state index contributed by atoms with van der Waals surface area (Å²) in [7, 11) is -1.06. The van der Waals surface area contributed by atoms with Crippen molar-refractivity contribution < 1.29 is 46.1 Å². The molecule has 0 N–H and O–H groups in total. The van der Waals surface area contributed by atoms with Gasteiger partial charge in [0.1, 0.15) is 0 Å². The number of benzene rings is 6. The van der Waals surface area contributed by atoms with E-state index in [9.17, 15) is 0 Å². The molecule has 0 fully saturated rings. The van der Waals surface area contributed by atoms with Crippen LogP contribution in [0.25, 0.3) is 32.7 Å². The minimum atomic E-state index is -1.06. The van der Waals surface area contributed by atoms with E-state index in [4.69, 9.17) is 0 Å². The van der Waals surface area contributed by atoms with E-state index < -0.39 is 10.1 Å². The molecule has 2 aliphatic rings. The Morgan fingerprint density at radius 3 is 1.19 bits per heavy atom. The van der Waals surface area contributed by atoms with Crippen molar-refractivity contribution in [3.8, 4) is 0 Å². The zero-order valence-corrected chi connectivity index (χ0v) is 34.4. The molecular formula is C44H36Cl2GeHf-2. The van der Waals surface area contributed by atoms with Crippen molar-refractivity contribution in [2.24, 2.45) is 0 Å². The van der Waals surface area contributed by atoms with Gasteiger partial charge in [0, 0.05) is 0 Å². The summed E-state index contributed by atoms with van der Waals surface area (Å²) < 4.78 is 3.20. The van der Waals surface area contributed by atoms with Gasteiger partial charge >= 0.3 is 101 Å². The Kier molecular flexibility index (Phi) is 14.5. The molecule has 0 spiro atoms. The monoisotopic (exact) mass is 888 g/mol. The predicted molar refractivity (Wildman–Crippen MR) is 196 cm³/mol. The number of hydrogen-bond donors (Lipinski definition) is 0. The quantitative estimate of drug-likeness (QED) is 0.185. The van der Waals surface area contributed by atoms with Gasteiger partial charge in [0.2, 0.25) is 0 Å². The molecule has 6 aromatic carbocycles. The summed E-state index contributed by atoms with van der Waals surface area (Å²) in [6.45, 7) is 4.28. The Bertz CT molecular complexity index is 1960. The van der Waals surface area contributed by atoms with E-state index in [1.807, 2.05) is 0 Å². The average molecular weight is 887 g/mol. The van der Waals surface area contributed by atoms with Gasteiger partial charge < -0.3 is 24.8 Å². The Hall–Kier alpha value is -3.21. The van der Waals surface area contributed by atoms with Crippen LogP contribution in [0.3, 0.4) is 0 Å². The van der Waals surface area contributed by atoms with Crippen molar-refractivity contribution in [2.75, 3.05) is 0 Å². The molecule has 48 heavy (non-hydrogen) atoms. The summed E-state index contributed by atoms with van der Waals surface area (Å²) in [5.41, 5.74) is 7.91. The van der Waals surface area contributed by atoms with Crippen LogP contribution in [0, 0.1) is 12.2 Å². The third kappa shape index (κ3) is 9.07. The summed E-state index contributed by atoms with van der Waals surface area (Å²) in [6.07, 6.45) is 13.1. The minimum absolute atomic E-state index is 0. The summed E-state index contributed by atoms with van der Waals surface area (Å²) in [5, 5.41) is 5.28. The second kappa shape index (κ2) is 18.5. The summed E-state index contributed by atoms with van der Waals surface area (Å²) >= 11 is 1.33. The van der Waals surface area contributed by atoms with Crippen molar-refractivity contribution in [1.82, 2.24) is 0 Å². The fourth-order valence-corrected chi connectivity index (χ4v) is 15.2. The molecule has 0 amide bonds. The van der Waals surface area contributed by atoms with Gasteiger partial charge in [0.05, 0.1) is 0 Å². The van der Waals surface area contributed by atoms with Crippen molar-refractivity contribution in [3.05, 3.63) is 192 Å². The van der Waals surface area contributed by atoms with Crippen LogP contribution in [0.4, 0.5) is 0 Å². The molecule has 0 radical (unpaired) electrons. The van der Waals surface area contributed by atoms with Gasteiger partial charge in [-0.3, -0.25) is 12.2 Å². The van der Waals surface area contributed by atoms with Crippen LogP contribution in [0.15, 0.2) is 169 Å². The molecule has 0 heterocycles. The van der Waals surface area contributed by atoms with Crippen molar-refractivity contribution in [3.63, 3.8) is 0 Å². The van der Waals surface area contributed by atoms with Gasteiger partial charge in [-0.1, -0.05) is 110 Å². The number of halogens is 2. The van der Waals surface area contributed by atoms with E-state index >= 15 is 0 Å². The second-order valence-corrected chi connectivity index (χ2v) is 24.7. The summed E-state index contributed by atoms with van der Waals surface area (Å²) in [6, 6.07) is 52.0. The van der Waals surface area contributed by atoms with Gasteiger partial charge in [0.25, 0.3) is 0 Å². The van der Waals surface area contributed by atoms with Gasteiger partial charge in [-0.2, -0.15) is 23.3 Å². The Morgan fingerprint density at radius 2 is 0.812 bits per heavy atom. The third-order valence-corrected chi connectivity index (χ3v) is 23.0. The van der Waals surface area contributed by atoms with E-state index in [1.165, 1.54) is 76.2 Å². The van der Waals surface area contributed by atoms with Gasteiger partial charge in [0.15, 0.2) is 0 Å². The van der Waals surface area contributed by atoms with Crippen LogP contribution in [0.2, 0.25) is 0 Å². The van der Waals surface area contributed by atoms with Crippen LogP contribution >= 0.6 is 0 Å². The average Bonchev–Trinajstić information content (AvgIpc) is 3.76. The van der Waals surface area contributed by atoms with Gasteiger partial charge in [-0.25, -0.2) is 11.1 Å². The fraction of sp³-hybridized carbons (Fsp3) is 0.0909. The predicted octanol–water partition coefficient (Wildman–Crippen LogP) is 4.10. The molecule has 0 bridgehead atoms. The molecule has 4 heteroatoms. The van der Waals surface area contributed by atoms with E-state index in [-0.39, 0.29) is 24.8 Å².